The highest BCUT2D eigenvalue weighted by Crippen LogP contribution is 2.37. The summed E-state index contributed by atoms with van der Waals surface area (Å²) in [4.78, 5) is 28.5. The number of carbonyl (C=O) groups is 1. The molecule has 10 heteroatoms. The van der Waals surface area contributed by atoms with E-state index in [0.29, 0.717) is 38.8 Å². The van der Waals surface area contributed by atoms with Gasteiger partial charge in [0.1, 0.15) is 12.4 Å². The molecule has 2 aliphatic heterocycles. The number of rotatable bonds is 7. The van der Waals surface area contributed by atoms with Gasteiger partial charge in [-0.1, -0.05) is 42.4 Å². The van der Waals surface area contributed by atoms with E-state index in [4.69, 9.17) is 32.0 Å². The number of nitriles is 1. The van der Waals surface area contributed by atoms with Crippen molar-refractivity contribution < 1.29 is 9.53 Å². The van der Waals surface area contributed by atoms with Crippen LogP contribution in [0.25, 0.3) is 10.8 Å². The Morgan fingerprint density at radius 3 is 2.73 bits per heavy atom. The molecule has 3 aliphatic rings. The standard InChI is InChI=1S/C31H34ClN7O2/c1-2-27(40)39-17-16-38(18-22(39)10-14-33)29-23-11-15-37(26-9-4-7-21-6-3-8-24(32)28(21)26)19-25(23)35-30(36-29)41-20-31(34)12-5-13-31/h2-4,6-9,22H,1,5,10-13,15-20,34H2. The van der Waals surface area contributed by atoms with Gasteiger partial charge in [-0.05, 0) is 49.3 Å². The van der Waals surface area contributed by atoms with E-state index in [9.17, 15) is 10.1 Å². The molecule has 2 N–H and O–H groups in total. The predicted octanol–water partition coefficient (Wildman–Crippen LogP) is 4.22. The van der Waals surface area contributed by atoms with Crippen molar-refractivity contribution in [3.8, 4) is 12.1 Å². The monoisotopic (exact) mass is 571 g/mol. The Bertz CT molecular complexity index is 1530. The van der Waals surface area contributed by atoms with Crippen LogP contribution in [0.2, 0.25) is 5.02 Å². The normalized spacial score (nSPS) is 19.7. The van der Waals surface area contributed by atoms with Crippen LogP contribution in [0.5, 0.6) is 6.01 Å². The molecule has 3 heterocycles. The number of hydrogen-bond donors (Lipinski definition) is 1. The molecule has 1 unspecified atom stereocenters. The maximum atomic E-state index is 12.5. The minimum absolute atomic E-state index is 0.156. The zero-order valence-corrected chi connectivity index (χ0v) is 23.8. The number of halogens is 1. The van der Waals surface area contributed by atoms with Gasteiger partial charge in [-0.25, -0.2) is 0 Å². The van der Waals surface area contributed by atoms with Gasteiger partial charge in [0.05, 0.1) is 41.3 Å². The van der Waals surface area contributed by atoms with Gasteiger partial charge in [0.25, 0.3) is 0 Å². The molecule has 3 aromatic rings. The van der Waals surface area contributed by atoms with Crippen LogP contribution in [-0.4, -0.2) is 65.1 Å². The molecular formula is C31H34ClN7O2. The van der Waals surface area contributed by atoms with E-state index in [1.807, 2.05) is 12.1 Å². The SMILES string of the molecule is C=CC(=O)N1CCN(c2nc(OCC3(N)CCC3)nc3c2CCN(c2cccc4cccc(Cl)c24)C3)CC1CC#N. The number of amides is 1. The lowest BCUT2D eigenvalue weighted by Crippen LogP contribution is -2.55. The average Bonchev–Trinajstić information content (AvgIpc) is 2.98. The van der Waals surface area contributed by atoms with Crippen LogP contribution in [0.4, 0.5) is 11.5 Å². The molecule has 1 aliphatic carbocycles. The summed E-state index contributed by atoms with van der Waals surface area (Å²) >= 11 is 6.67. The fraction of sp³-hybridized carbons (Fsp3) is 0.419. The number of anilines is 2. The Morgan fingerprint density at radius 2 is 2.00 bits per heavy atom. The van der Waals surface area contributed by atoms with Crippen LogP contribution in [0.3, 0.4) is 0 Å². The van der Waals surface area contributed by atoms with Crippen molar-refractivity contribution in [2.45, 2.75) is 50.2 Å². The molecule has 6 rings (SSSR count). The van der Waals surface area contributed by atoms with Gasteiger partial charge in [-0.2, -0.15) is 15.2 Å². The largest absolute Gasteiger partial charge is 0.461 e. The van der Waals surface area contributed by atoms with E-state index >= 15 is 0 Å². The van der Waals surface area contributed by atoms with Crippen LogP contribution in [-0.2, 0) is 17.8 Å². The molecule has 2 aromatic carbocycles. The van der Waals surface area contributed by atoms with Gasteiger partial charge in [-0.3, -0.25) is 4.79 Å². The Labute approximate surface area is 245 Å². The number of fused-ring (bicyclic) bond motifs is 2. The summed E-state index contributed by atoms with van der Waals surface area (Å²) < 4.78 is 6.15. The number of ether oxygens (including phenoxy) is 1. The van der Waals surface area contributed by atoms with Crippen LogP contribution in [0.15, 0.2) is 49.1 Å². The second-order valence-corrected chi connectivity index (χ2v) is 11.7. The van der Waals surface area contributed by atoms with Crippen LogP contribution < -0.4 is 20.3 Å². The van der Waals surface area contributed by atoms with E-state index in [0.717, 1.165) is 70.8 Å². The summed E-state index contributed by atoms with van der Waals surface area (Å²) in [6, 6.07) is 14.5. The van der Waals surface area contributed by atoms with Crippen molar-refractivity contribution in [2.75, 3.05) is 42.6 Å². The Kier molecular flexibility index (Phi) is 7.45. The van der Waals surface area contributed by atoms with Crippen LogP contribution >= 0.6 is 11.6 Å². The highest BCUT2D eigenvalue weighted by atomic mass is 35.5. The van der Waals surface area contributed by atoms with Gasteiger partial charge in [0, 0.05) is 42.8 Å². The quantitative estimate of drug-likeness (QED) is 0.420. The first kappa shape index (κ1) is 27.3. The number of aromatic nitrogens is 2. The van der Waals surface area contributed by atoms with Crippen molar-refractivity contribution in [3.05, 3.63) is 65.3 Å². The molecule has 0 bridgehead atoms. The van der Waals surface area contributed by atoms with Crippen molar-refractivity contribution >= 4 is 39.8 Å². The molecule has 0 radical (unpaired) electrons. The average molecular weight is 572 g/mol. The molecule has 212 valence electrons. The fourth-order valence-electron chi connectivity index (χ4n) is 6.18. The zero-order chi connectivity index (χ0) is 28.6. The van der Waals surface area contributed by atoms with E-state index in [1.54, 1.807) is 4.90 Å². The molecule has 9 nitrogen and oxygen atoms in total. The Hall–Kier alpha value is -3.87. The lowest BCUT2D eigenvalue weighted by molar-refractivity contribution is -0.128. The third kappa shape index (κ3) is 5.30. The van der Waals surface area contributed by atoms with E-state index in [1.165, 1.54) is 6.08 Å². The maximum Gasteiger partial charge on any atom is 0.318 e. The summed E-state index contributed by atoms with van der Waals surface area (Å²) in [6.45, 7) is 6.93. The van der Waals surface area contributed by atoms with E-state index in [2.05, 4.69) is 46.7 Å². The van der Waals surface area contributed by atoms with Gasteiger partial charge in [0.2, 0.25) is 5.91 Å². The van der Waals surface area contributed by atoms with Gasteiger partial charge >= 0.3 is 6.01 Å². The second-order valence-electron chi connectivity index (χ2n) is 11.2. The number of piperazine rings is 1. The lowest BCUT2D eigenvalue weighted by Gasteiger charge is -2.42. The highest BCUT2D eigenvalue weighted by molar-refractivity contribution is 6.36. The zero-order valence-electron chi connectivity index (χ0n) is 23.1. The third-order valence-electron chi connectivity index (χ3n) is 8.60. The number of hydrogen-bond acceptors (Lipinski definition) is 8. The molecule has 1 atom stereocenters. The van der Waals surface area contributed by atoms with Gasteiger partial charge in [0.15, 0.2) is 0 Å². The molecular weight excluding hydrogens is 538 g/mol. The summed E-state index contributed by atoms with van der Waals surface area (Å²) in [6.07, 6.45) is 5.24. The van der Waals surface area contributed by atoms with Gasteiger partial charge < -0.3 is 25.2 Å². The van der Waals surface area contributed by atoms with Crippen LogP contribution in [0.1, 0.15) is 36.9 Å². The minimum Gasteiger partial charge on any atom is -0.461 e. The first-order valence-electron chi connectivity index (χ1n) is 14.2. The van der Waals surface area contributed by atoms with Crippen molar-refractivity contribution in [2.24, 2.45) is 5.73 Å². The summed E-state index contributed by atoms with van der Waals surface area (Å²) in [5, 5.41) is 12.3. The van der Waals surface area contributed by atoms with Gasteiger partial charge in [-0.15, -0.1) is 0 Å². The summed E-state index contributed by atoms with van der Waals surface area (Å²) in [5.74, 6) is 0.658. The first-order valence-corrected chi connectivity index (χ1v) is 14.6. The molecule has 0 spiro atoms. The molecule has 1 saturated carbocycles. The van der Waals surface area contributed by atoms with Crippen molar-refractivity contribution in [1.82, 2.24) is 14.9 Å². The number of nitrogens with two attached hydrogens (primary N) is 1. The van der Waals surface area contributed by atoms with Crippen LogP contribution in [0, 0.1) is 11.3 Å². The summed E-state index contributed by atoms with van der Waals surface area (Å²) in [5.41, 5.74) is 9.17. The Morgan fingerprint density at radius 1 is 1.20 bits per heavy atom. The topological polar surface area (TPSA) is 112 Å². The van der Waals surface area contributed by atoms with E-state index in [-0.39, 0.29) is 23.9 Å². The van der Waals surface area contributed by atoms with Crippen molar-refractivity contribution in [1.29, 1.82) is 5.26 Å². The molecule has 2 fully saturated rings. The molecule has 1 saturated heterocycles. The lowest BCUT2D eigenvalue weighted by atomic mass is 9.78. The number of benzene rings is 2. The minimum atomic E-state index is -0.334. The molecule has 1 aromatic heterocycles. The fourth-order valence-corrected chi connectivity index (χ4v) is 6.46. The number of nitrogens with zero attached hydrogens (tertiary/aromatic N) is 6. The Balaban J connectivity index is 1.35. The maximum absolute atomic E-state index is 12.5. The predicted molar refractivity (Wildman–Crippen MR) is 160 cm³/mol. The van der Waals surface area contributed by atoms with E-state index < -0.39 is 0 Å². The first-order chi connectivity index (χ1) is 19.9. The molecule has 41 heavy (non-hydrogen) atoms. The number of carbonyl (C=O) groups excluding carboxylic acids is 1. The smallest absolute Gasteiger partial charge is 0.318 e. The molecule has 1 amide bonds. The third-order valence-corrected chi connectivity index (χ3v) is 8.92. The second kappa shape index (κ2) is 11.2. The highest BCUT2D eigenvalue weighted by Gasteiger charge is 2.36. The van der Waals surface area contributed by atoms with Crippen molar-refractivity contribution in [3.63, 3.8) is 0 Å². The summed E-state index contributed by atoms with van der Waals surface area (Å²) in [7, 11) is 0.